The van der Waals surface area contributed by atoms with Crippen molar-refractivity contribution in [2.45, 2.75) is 70.9 Å². The minimum absolute atomic E-state index is 0.0903. The molecule has 3 heteroatoms. The van der Waals surface area contributed by atoms with E-state index in [1.54, 1.807) is 0 Å². The van der Waals surface area contributed by atoms with Crippen molar-refractivity contribution < 1.29 is 5.11 Å². The predicted octanol–water partition coefficient (Wildman–Crippen LogP) is 2.39. The summed E-state index contributed by atoms with van der Waals surface area (Å²) in [7, 11) is 0. The third-order valence-corrected chi connectivity index (χ3v) is 4.84. The lowest BCUT2D eigenvalue weighted by molar-refractivity contribution is 0.0301. The molecule has 1 atom stereocenters. The molecule has 1 aliphatic carbocycles. The van der Waals surface area contributed by atoms with E-state index in [-0.39, 0.29) is 6.10 Å². The van der Waals surface area contributed by atoms with Crippen molar-refractivity contribution in [2.24, 2.45) is 5.41 Å². The number of nitrogens with one attached hydrogen (secondary N) is 1. The molecule has 0 spiro atoms. The summed E-state index contributed by atoms with van der Waals surface area (Å²) >= 11 is 0. The summed E-state index contributed by atoms with van der Waals surface area (Å²) in [6.45, 7) is 8.88. The van der Waals surface area contributed by atoms with E-state index in [4.69, 9.17) is 0 Å². The van der Waals surface area contributed by atoms with E-state index >= 15 is 0 Å². The average Bonchev–Trinajstić information content (AvgIpc) is 2.38. The Morgan fingerprint density at radius 3 is 2.58 bits per heavy atom. The maximum absolute atomic E-state index is 9.85. The van der Waals surface area contributed by atoms with Crippen molar-refractivity contribution in [3.8, 4) is 0 Å². The molecule has 1 saturated carbocycles. The zero-order chi connectivity index (χ0) is 13.7. The van der Waals surface area contributed by atoms with E-state index in [1.165, 1.54) is 45.2 Å². The van der Waals surface area contributed by atoms with Crippen molar-refractivity contribution in [3.63, 3.8) is 0 Å². The molecule has 2 fully saturated rings. The normalized spacial score (nSPS) is 28.7. The Labute approximate surface area is 118 Å². The number of hydrogen-bond acceptors (Lipinski definition) is 3. The summed E-state index contributed by atoms with van der Waals surface area (Å²) in [4.78, 5) is 2.52. The number of aliphatic hydroxyl groups is 1. The first kappa shape index (κ1) is 15.3. The van der Waals surface area contributed by atoms with Gasteiger partial charge in [0.1, 0.15) is 0 Å². The Balaban J connectivity index is 1.92. The Hall–Kier alpha value is -0.120. The molecule has 0 aromatic carbocycles. The van der Waals surface area contributed by atoms with Gasteiger partial charge in [0, 0.05) is 25.7 Å². The number of likely N-dealkylation sites (tertiary alicyclic amines) is 1. The van der Waals surface area contributed by atoms with Gasteiger partial charge >= 0.3 is 0 Å². The number of nitrogens with zero attached hydrogens (tertiary/aromatic N) is 1. The molecule has 2 N–H and O–H groups in total. The van der Waals surface area contributed by atoms with Gasteiger partial charge in [0.2, 0.25) is 0 Å². The van der Waals surface area contributed by atoms with Gasteiger partial charge in [-0.15, -0.1) is 0 Å². The first-order valence-corrected chi connectivity index (χ1v) is 8.23. The second-order valence-corrected chi connectivity index (χ2v) is 7.13. The lowest BCUT2D eigenvalue weighted by Crippen LogP contribution is -2.49. The fourth-order valence-corrected chi connectivity index (χ4v) is 3.76. The van der Waals surface area contributed by atoms with Gasteiger partial charge < -0.3 is 15.3 Å². The van der Waals surface area contributed by atoms with Gasteiger partial charge in [0.25, 0.3) is 0 Å². The van der Waals surface area contributed by atoms with E-state index in [9.17, 15) is 5.11 Å². The highest BCUT2D eigenvalue weighted by atomic mass is 16.3. The molecule has 0 aromatic rings. The summed E-state index contributed by atoms with van der Waals surface area (Å²) in [6, 6.07) is 0.575. The molecule has 1 saturated heterocycles. The molecule has 2 rings (SSSR count). The van der Waals surface area contributed by atoms with Crippen LogP contribution < -0.4 is 5.32 Å². The van der Waals surface area contributed by atoms with Gasteiger partial charge in [-0.25, -0.2) is 0 Å². The number of piperidine rings is 1. The monoisotopic (exact) mass is 268 g/mol. The van der Waals surface area contributed by atoms with Crippen LogP contribution in [0.4, 0.5) is 0 Å². The topological polar surface area (TPSA) is 35.5 Å². The third kappa shape index (κ3) is 4.73. The largest absolute Gasteiger partial charge is 0.392 e. The summed E-state index contributed by atoms with van der Waals surface area (Å²) in [6.07, 6.45) is 8.96. The van der Waals surface area contributed by atoms with Crippen LogP contribution in [0.3, 0.4) is 0 Å². The van der Waals surface area contributed by atoms with E-state index in [1.807, 2.05) is 0 Å². The minimum Gasteiger partial charge on any atom is -0.392 e. The molecule has 2 aliphatic rings. The molecule has 1 heterocycles. The number of β-amino-alcohol motifs (C(OH)–C–C–N with tert-alkyl or cyclic N) is 1. The van der Waals surface area contributed by atoms with E-state index < -0.39 is 0 Å². The third-order valence-electron chi connectivity index (χ3n) is 4.84. The minimum atomic E-state index is -0.0903. The van der Waals surface area contributed by atoms with Crippen LogP contribution in [0.5, 0.6) is 0 Å². The Morgan fingerprint density at radius 2 is 1.95 bits per heavy atom. The van der Waals surface area contributed by atoms with Gasteiger partial charge in [0.15, 0.2) is 0 Å². The van der Waals surface area contributed by atoms with Crippen LogP contribution in [0.2, 0.25) is 0 Å². The average molecular weight is 268 g/mol. The maximum Gasteiger partial charge on any atom is 0.0667 e. The molecule has 3 nitrogen and oxygen atoms in total. The van der Waals surface area contributed by atoms with Crippen LogP contribution in [-0.2, 0) is 0 Å². The lowest BCUT2D eigenvalue weighted by atomic mass is 9.73. The Morgan fingerprint density at radius 1 is 1.21 bits per heavy atom. The highest BCUT2D eigenvalue weighted by Crippen LogP contribution is 2.37. The Bertz CT molecular complexity index is 261. The predicted molar refractivity (Wildman–Crippen MR) is 80.3 cm³/mol. The van der Waals surface area contributed by atoms with Gasteiger partial charge in [-0.05, 0) is 37.6 Å². The molecule has 0 aromatic heterocycles. The first-order chi connectivity index (χ1) is 9.10. The maximum atomic E-state index is 9.85. The van der Waals surface area contributed by atoms with Crippen LogP contribution in [0.1, 0.15) is 58.8 Å². The van der Waals surface area contributed by atoms with Crippen molar-refractivity contribution in [2.75, 3.05) is 26.2 Å². The smallest absolute Gasteiger partial charge is 0.0667 e. The summed E-state index contributed by atoms with van der Waals surface area (Å²) < 4.78 is 0. The standard InChI is InChI=1S/C16H32N2O/c1-14(2)17-12-16(8-4-3-5-9-16)13-18-10-6-7-15(19)11-18/h14-15,17,19H,3-13H2,1-2H3. The molecule has 0 radical (unpaired) electrons. The van der Waals surface area contributed by atoms with Crippen molar-refractivity contribution >= 4 is 0 Å². The highest BCUT2D eigenvalue weighted by molar-refractivity contribution is 4.89. The van der Waals surface area contributed by atoms with Gasteiger partial charge in [-0.2, -0.15) is 0 Å². The molecule has 1 unspecified atom stereocenters. The van der Waals surface area contributed by atoms with Crippen LogP contribution >= 0.6 is 0 Å². The Kier molecular flexibility index (Phi) is 5.67. The second kappa shape index (κ2) is 7.05. The van der Waals surface area contributed by atoms with Crippen molar-refractivity contribution in [1.29, 1.82) is 0 Å². The zero-order valence-corrected chi connectivity index (χ0v) is 12.8. The molecular formula is C16H32N2O. The fourth-order valence-electron chi connectivity index (χ4n) is 3.76. The van der Waals surface area contributed by atoms with Crippen LogP contribution in [0, 0.1) is 5.41 Å². The SMILES string of the molecule is CC(C)NCC1(CN2CCCC(O)C2)CCCCC1. The summed E-state index contributed by atoms with van der Waals surface area (Å²) in [5.74, 6) is 0. The van der Waals surface area contributed by atoms with Crippen LogP contribution in [0.15, 0.2) is 0 Å². The first-order valence-electron chi connectivity index (χ1n) is 8.23. The number of aliphatic hydroxyl groups excluding tert-OH is 1. The molecule has 0 amide bonds. The number of hydrogen-bond donors (Lipinski definition) is 2. The fraction of sp³-hybridized carbons (Fsp3) is 1.00. The molecular weight excluding hydrogens is 236 g/mol. The van der Waals surface area contributed by atoms with Crippen molar-refractivity contribution in [1.82, 2.24) is 10.2 Å². The van der Waals surface area contributed by atoms with Gasteiger partial charge in [-0.1, -0.05) is 33.1 Å². The quantitative estimate of drug-likeness (QED) is 0.803. The van der Waals surface area contributed by atoms with Crippen LogP contribution in [-0.4, -0.2) is 48.3 Å². The van der Waals surface area contributed by atoms with Crippen LogP contribution in [0.25, 0.3) is 0 Å². The molecule has 0 bridgehead atoms. The van der Waals surface area contributed by atoms with Gasteiger partial charge in [0.05, 0.1) is 6.10 Å². The van der Waals surface area contributed by atoms with E-state index in [2.05, 4.69) is 24.1 Å². The highest BCUT2D eigenvalue weighted by Gasteiger charge is 2.34. The summed E-state index contributed by atoms with van der Waals surface area (Å²) in [5, 5.41) is 13.5. The molecule has 112 valence electrons. The summed E-state index contributed by atoms with van der Waals surface area (Å²) in [5.41, 5.74) is 0.458. The van der Waals surface area contributed by atoms with Crippen molar-refractivity contribution in [3.05, 3.63) is 0 Å². The zero-order valence-electron chi connectivity index (χ0n) is 12.8. The van der Waals surface area contributed by atoms with E-state index in [0.29, 0.717) is 11.5 Å². The molecule has 1 aliphatic heterocycles. The molecule has 19 heavy (non-hydrogen) atoms. The van der Waals surface area contributed by atoms with Gasteiger partial charge in [-0.3, -0.25) is 0 Å². The second-order valence-electron chi connectivity index (χ2n) is 7.13. The lowest BCUT2D eigenvalue weighted by Gasteiger charge is -2.43. The van der Waals surface area contributed by atoms with E-state index in [0.717, 1.165) is 25.9 Å². The number of rotatable bonds is 5.